The van der Waals surface area contributed by atoms with Gasteiger partial charge >= 0.3 is 6.09 Å². The number of hydrogen-bond acceptors (Lipinski definition) is 3. The largest absolute Gasteiger partial charge is 0.443 e. The molecule has 0 aliphatic heterocycles. The summed E-state index contributed by atoms with van der Waals surface area (Å²) in [6.07, 6.45) is 0.256. The van der Waals surface area contributed by atoms with E-state index in [0.29, 0.717) is 16.3 Å². The predicted octanol–water partition coefficient (Wildman–Crippen LogP) is 5.86. The number of rotatable bonds is 4. The average Bonchev–Trinajstić information content (AvgIpc) is 2.52. The van der Waals surface area contributed by atoms with Gasteiger partial charge in [0.1, 0.15) is 11.9 Å². The van der Waals surface area contributed by atoms with E-state index in [1.807, 2.05) is 26.8 Å². The Hall–Kier alpha value is -1.85. The number of ether oxygens (including phenoxy) is 1. The van der Waals surface area contributed by atoms with Crippen molar-refractivity contribution in [3.05, 3.63) is 63.1 Å². The van der Waals surface area contributed by atoms with Crippen molar-refractivity contribution in [1.29, 1.82) is 0 Å². The van der Waals surface area contributed by atoms with E-state index < -0.39 is 11.7 Å². The van der Waals surface area contributed by atoms with Gasteiger partial charge in [0, 0.05) is 20.7 Å². The molecule has 0 saturated carbocycles. The first-order chi connectivity index (χ1) is 11.7. The molecule has 4 nitrogen and oxygen atoms in total. The Labute approximate surface area is 160 Å². The van der Waals surface area contributed by atoms with Gasteiger partial charge in [-0.3, -0.25) is 9.69 Å². The second-order valence-corrected chi connectivity index (χ2v) is 7.81. The fraction of sp³-hybridized carbons (Fsp3) is 0.263. The molecule has 2 aromatic carbocycles. The number of halogens is 2. The Morgan fingerprint density at radius 1 is 1.24 bits per heavy atom. The van der Waals surface area contributed by atoms with Crippen molar-refractivity contribution in [2.45, 2.75) is 32.9 Å². The maximum atomic E-state index is 12.7. The average molecular weight is 425 g/mol. The first-order valence-corrected chi connectivity index (χ1v) is 8.86. The van der Waals surface area contributed by atoms with E-state index >= 15 is 0 Å². The van der Waals surface area contributed by atoms with Crippen molar-refractivity contribution in [3.63, 3.8) is 0 Å². The molecule has 0 aliphatic rings. The van der Waals surface area contributed by atoms with Crippen LogP contribution >= 0.6 is 27.5 Å². The van der Waals surface area contributed by atoms with Gasteiger partial charge < -0.3 is 4.74 Å². The summed E-state index contributed by atoms with van der Waals surface area (Å²) in [7, 11) is 0. The molecule has 0 heterocycles. The molecule has 0 saturated heterocycles. The summed E-state index contributed by atoms with van der Waals surface area (Å²) in [6.45, 7) is 5.70. The van der Waals surface area contributed by atoms with Crippen LogP contribution < -0.4 is 4.90 Å². The van der Waals surface area contributed by atoms with Gasteiger partial charge in [-0.1, -0.05) is 45.7 Å². The lowest BCUT2D eigenvalue weighted by Gasteiger charge is -2.28. The number of benzene rings is 2. The van der Waals surface area contributed by atoms with Crippen LogP contribution in [0.5, 0.6) is 0 Å². The van der Waals surface area contributed by atoms with E-state index in [-0.39, 0.29) is 6.54 Å². The van der Waals surface area contributed by atoms with Crippen molar-refractivity contribution in [1.82, 2.24) is 0 Å². The van der Waals surface area contributed by atoms with Crippen molar-refractivity contribution in [3.8, 4) is 0 Å². The Morgan fingerprint density at radius 3 is 2.56 bits per heavy atom. The molecule has 2 aromatic rings. The maximum absolute atomic E-state index is 12.7. The number of carbonyl (C=O) groups excluding carboxylic acids is 2. The molecule has 0 aromatic heterocycles. The van der Waals surface area contributed by atoms with Crippen LogP contribution in [-0.4, -0.2) is 18.0 Å². The monoisotopic (exact) mass is 423 g/mol. The number of aldehydes is 1. The van der Waals surface area contributed by atoms with Crippen molar-refractivity contribution in [2.24, 2.45) is 0 Å². The molecule has 0 atom stereocenters. The third-order valence-corrected chi connectivity index (χ3v) is 4.25. The van der Waals surface area contributed by atoms with E-state index in [0.717, 1.165) is 16.3 Å². The molecule has 132 valence electrons. The van der Waals surface area contributed by atoms with E-state index in [1.165, 1.54) is 4.90 Å². The highest BCUT2D eigenvalue weighted by Gasteiger charge is 2.24. The first-order valence-electron chi connectivity index (χ1n) is 7.69. The molecule has 0 N–H and O–H groups in total. The van der Waals surface area contributed by atoms with E-state index in [2.05, 4.69) is 15.9 Å². The van der Waals surface area contributed by atoms with Crippen LogP contribution in [-0.2, 0) is 11.3 Å². The molecule has 0 unspecified atom stereocenters. The van der Waals surface area contributed by atoms with E-state index in [4.69, 9.17) is 16.3 Å². The van der Waals surface area contributed by atoms with Gasteiger partial charge in [0.15, 0.2) is 0 Å². The summed E-state index contributed by atoms with van der Waals surface area (Å²) >= 11 is 9.45. The lowest BCUT2D eigenvalue weighted by Crippen LogP contribution is -2.36. The highest BCUT2D eigenvalue weighted by molar-refractivity contribution is 9.10. The number of anilines is 1. The molecule has 0 spiro atoms. The standard InChI is InChI=1S/C19H19BrClNO3/c1-19(2,3)25-18(24)22(16-6-4-5-13(9-16)12-23)11-14-7-8-15(21)10-17(14)20/h4-10,12H,11H2,1-3H3. The van der Waals surface area contributed by atoms with E-state index in [9.17, 15) is 9.59 Å². The molecular formula is C19H19BrClNO3. The second kappa shape index (κ2) is 8.02. The van der Waals surface area contributed by atoms with Gasteiger partial charge in [0.25, 0.3) is 0 Å². The first kappa shape index (κ1) is 19.5. The van der Waals surface area contributed by atoms with Crippen LogP contribution in [0.2, 0.25) is 5.02 Å². The molecular weight excluding hydrogens is 406 g/mol. The summed E-state index contributed by atoms with van der Waals surface area (Å²) in [4.78, 5) is 25.3. The van der Waals surface area contributed by atoms with Crippen molar-refractivity contribution in [2.75, 3.05) is 4.90 Å². The molecule has 6 heteroatoms. The summed E-state index contributed by atoms with van der Waals surface area (Å²) in [5, 5.41) is 0.599. The highest BCUT2D eigenvalue weighted by Crippen LogP contribution is 2.27. The molecule has 2 rings (SSSR count). The van der Waals surface area contributed by atoms with Crippen LogP contribution in [0.1, 0.15) is 36.7 Å². The van der Waals surface area contributed by atoms with Crippen LogP contribution in [0.15, 0.2) is 46.9 Å². The van der Waals surface area contributed by atoms with Crippen LogP contribution in [0.3, 0.4) is 0 Å². The van der Waals surface area contributed by atoms with Gasteiger partial charge in [-0.05, 0) is 50.6 Å². The van der Waals surface area contributed by atoms with Gasteiger partial charge in [-0.25, -0.2) is 4.79 Å². The topological polar surface area (TPSA) is 46.6 Å². The van der Waals surface area contributed by atoms with Gasteiger partial charge in [-0.15, -0.1) is 0 Å². The minimum Gasteiger partial charge on any atom is -0.443 e. The summed E-state index contributed by atoms with van der Waals surface area (Å²) in [5.74, 6) is 0. The molecule has 0 radical (unpaired) electrons. The zero-order chi connectivity index (χ0) is 18.6. The van der Waals surface area contributed by atoms with Crippen molar-refractivity contribution < 1.29 is 14.3 Å². The summed E-state index contributed by atoms with van der Waals surface area (Å²) < 4.78 is 6.31. The second-order valence-electron chi connectivity index (χ2n) is 6.52. The fourth-order valence-electron chi connectivity index (χ4n) is 2.16. The van der Waals surface area contributed by atoms with Gasteiger partial charge in [0.05, 0.1) is 6.54 Å². The summed E-state index contributed by atoms with van der Waals surface area (Å²) in [6, 6.07) is 12.2. The third-order valence-electron chi connectivity index (χ3n) is 3.28. The van der Waals surface area contributed by atoms with Crippen molar-refractivity contribution >= 4 is 45.6 Å². The van der Waals surface area contributed by atoms with Crippen LogP contribution in [0, 0.1) is 0 Å². The quantitative estimate of drug-likeness (QED) is 0.578. The Morgan fingerprint density at radius 2 is 1.96 bits per heavy atom. The van der Waals surface area contributed by atoms with Crippen LogP contribution in [0.25, 0.3) is 0 Å². The lowest BCUT2D eigenvalue weighted by molar-refractivity contribution is 0.0577. The predicted molar refractivity (Wildman–Crippen MR) is 103 cm³/mol. The fourth-order valence-corrected chi connectivity index (χ4v) is 2.97. The Balaban J connectivity index is 2.40. The normalized spacial score (nSPS) is 11.1. The highest BCUT2D eigenvalue weighted by atomic mass is 79.9. The smallest absolute Gasteiger partial charge is 0.415 e. The summed E-state index contributed by atoms with van der Waals surface area (Å²) in [5.41, 5.74) is 1.31. The molecule has 25 heavy (non-hydrogen) atoms. The molecule has 0 fully saturated rings. The Bertz CT molecular complexity index is 786. The SMILES string of the molecule is CC(C)(C)OC(=O)N(Cc1ccc(Cl)cc1Br)c1cccc(C=O)c1. The lowest BCUT2D eigenvalue weighted by atomic mass is 10.1. The minimum atomic E-state index is -0.630. The number of hydrogen-bond donors (Lipinski definition) is 0. The zero-order valence-electron chi connectivity index (χ0n) is 14.3. The molecule has 0 aliphatic carbocycles. The molecule has 1 amide bonds. The Kier molecular flexibility index (Phi) is 6.25. The maximum Gasteiger partial charge on any atom is 0.415 e. The molecule has 0 bridgehead atoms. The number of amides is 1. The van der Waals surface area contributed by atoms with Gasteiger partial charge in [-0.2, -0.15) is 0 Å². The zero-order valence-corrected chi connectivity index (χ0v) is 16.6. The van der Waals surface area contributed by atoms with Gasteiger partial charge in [0.2, 0.25) is 0 Å². The third kappa shape index (κ3) is 5.58. The van der Waals surface area contributed by atoms with Crippen LogP contribution in [0.4, 0.5) is 10.5 Å². The minimum absolute atomic E-state index is 0.273. The van der Waals surface area contributed by atoms with E-state index in [1.54, 1.807) is 36.4 Å². The number of nitrogens with zero attached hydrogens (tertiary/aromatic N) is 1. The number of carbonyl (C=O) groups is 2.